The van der Waals surface area contributed by atoms with Crippen molar-refractivity contribution in [2.24, 2.45) is 0 Å². The molecule has 10 heteroatoms. The molecule has 10 nitrogen and oxygen atoms in total. The minimum absolute atomic E-state index is 0.0270. The highest BCUT2D eigenvalue weighted by atomic mass is 16.6. The van der Waals surface area contributed by atoms with Crippen LogP contribution in [0.2, 0.25) is 0 Å². The average molecular weight is 722 g/mol. The molecule has 296 valence electrons. The first-order valence-electron chi connectivity index (χ1n) is 20.8. The normalized spacial score (nSPS) is 11.9. The summed E-state index contributed by atoms with van der Waals surface area (Å²) >= 11 is 0. The monoisotopic (exact) mass is 722 g/mol. The zero-order valence-corrected chi connectivity index (χ0v) is 33.1. The number of carbonyl (C=O) groups is 3. The van der Waals surface area contributed by atoms with Gasteiger partial charge in [-0.05, 0) is 26.7 Å². The molecule has 0 spiro atoms. The first-order valence-corrected chi connectivity index (χ1v) is 20.8. The molecule has 1 unspecified atom stereocenters. The van der Waals surface area contributed by atoms with Crippen molar-refractivity contribution in [2.75, 3.05) is 19.8 Å². The van der Waals surface area contributed by atoms with E-state index in [9.17, 15) is 14.4 Å². The molecule has 0 aliphatic heterocycles. The minimum Gasteiger partial charge on any atom is -0.463 e. The third kappa shape index (κ3) is 29.8. The number of nitrogens with zero attached hydrogens (tertiary/aromatic N) is 3. The van der Waals surface area contributed by atoms with Gasteiger partial charge in [0, 0.05) is 25.5 Å². The molecule has 0 saturated heterocycles. The Balaban J connectivity index is 2.45. The summed E-state index contributed by atoms with van der Waals surface area (Å²) in [6.45, 7) is 9.11. The van der Waals surface area contributed by atoms with E-state index in [1.165, 1.54) is 103 Å². The van der Waals surface area contributed by atoms with Crippen LogP contribution in [0, 0.1) is 0 Å². The molecular weight excluding hydrogens is 646 g/mol. The van der Waals surface area contributed by atoms with E-state index in [4.69, 9.17) is 18.9 Å². The molecule has 1 rings (SSSR count). The van der Waals surface area contributed by atoms with Gasteiger partial charge in [-0.1, -0.05) is 147 Å². The van der Waals surface area contributed by atoms with Crippen molar-refractivity contribution in [3.8, 4) is 0 Å². The molecule has 0 amide bonds. The summed E-state index contributed by atoms with van der Waals surface area (Å²) in [6.07, 6.45) is 29.1. The minimum atomic E-state index is -0.674. The Labute approximate surface area is 310 Å². The summed E-state index contributed by atoms with van der Waals surface area (Å²) in [7, 11) is 0. The van der Waals surface area contributed by atoms with Gasteiger partial charge in [0.1, 0.15) is 13.2 Å². The Morgan fingerprint density at radius 2 is 1.08 bits per heavy atom. The Morgan fingerprint density at radius 3 is 1.59 bits per heavy atom. The molecular formula is C41H75N3O7. The van der Waals surface area contributed by atoms with Crippen LogP contribution in [0.4, 0.5) is 0 Å². The average Bonchev–Trinajstić information content (AvgIpc) is 3.56. The van der Waals surface area contributed by atoms with Gasteiger partial charge < -0.3 is 18.9 Å². The SMILES string of the molecule is CCCCCCCCCCCCCC(=O)OCC(Cn1cc(CCC(=O)OCCOC(C)C)nn1)OC(=O)CCCCCCCCCCCCC. The van der Waals surface area contributed by atoms with E-state index in [1.54, 1.807) is 10.9 Å². The lowest BCUT2D eigenvalue weighted by atomic mass is 10.1. The Kier molecular flexibility index (Phi) is 30.4. The van der Waals surface area contributed by atoms with E-state index in [1.807, 2.05) is 13.8 Å². The maximum absolute atomic E-state index is 12.8. The van der Waals surface area contributed by atoms with Crippen LogP contribution in [0.3, 0.4) is 0 Å². The maximum Gasteiger partial charge on any atom is 0.306 e. The summed E-state index contributed by atoms with van der Waals surface area (Å²) in [6, 6.07) is 0. The van der Waals surface area contributed by atoms with Crippen molar-refractivity contribution in [1.29, 1.82) is 0 Å². The number of esters is 3. The molecule has 0 aliphatic carbocycles. The molecule has 51 heavy (non-hydrogen) atoms. The lowest BCUT2D eigenvalue weighted by molar-refractivity contribution is -0.160. The van der Waals surface area contributed by atoms with Gasteiger partial charge in [-0.3, -0.25) is 14.4 Å². The summed E-state index contributed by atoms with van der Waals surface area (Å²) in [5, 5.41) is 8.34. The molecule has 0 bridgehead atoms. The number of rotatable bonds is 36. The highest BCUT2D eigenvalue weighted by Crippen LogP contribution is 2.14. The number of hydrogen-bond acceptors (Lipinski definition) is 9. The second-order valence-corrected chi connectivity index (χ2v) is 14.4. The fourth-order valence-electron chi connectivity index (χ4n) is 5.99. The standard InChI is InChI=1S/C41H75N3O7/c1-5-7-9-11-13-15-17-19-21-23-25-27-39(45)50-35-38(51-41(47)28-26-24-22-20-18-16-14-12-10-8-6-2)34-44-33-37(42-43-44)29-30-40(46)49-32-31-48-36(3)4/h33,36,38H,5-32,34-35H2,1-4H3. The van der Waals surface area contributed by atoms with Crippen LogP contribution in [0.15, 0.2) is 6.20 Å². The Hall–Kier alpha value is -2.49. The zero-order chi connectivity index (χ0) is 37.2. The molecule has 1 heterocycles. The van der Waals surface area contributed by atoms with Crippen LogP contribution in [-0.2, 0) is 46.3 Å². The predicted octanol–water partition coefficient (Wildman–Crippen LogP) is 10.0. The van der Waals surface area contributed by atoms with E-state index >= 15 is 0 Å². The smallest absolute Gasteiger partial charge is 0.306 e. The van der Waals surface area contributed by atoms with Crippen LogP contribution in [0.25, 0.3) is 0 Å². The third-order valence-corrected chi connectivity index (χ3v) is 9.06. The van der Waals surface area contributed by atoms with Crippen LogP contribution >= 0.6 is 0 Å². The molecule has 0 saturated carbocycles. The van der Waals surface area contributed by atoms with Gasteiger partial charge in [-0.15, -0.1) is 5.10 Å². The van der Waals surface area contributed by atoms with Crippen molar-refractivity contribution in [3.63, 3.8) is 0 Å². The Morgan fingerprint density at radius 1 is 0.608 bits per heavy atom. The lowest BCUT2D eigenvalue weighted by Gasteiger charge is -2.18. The number of ether oxygens (including phenoxy) is 4. The largest absolute Gasteiger partial charge is 0.463 e. The first kappa shape index (κ1) is 46.5. The highest BCUT2D eigenvalue weighted by Gasteiger charge is 2.19. The number of aryl methyl sites for hydroxylation is 1. The van der Waals surface area contributed by atoms with Gasteiger partial charge in [-0.25, -0.2) is 4.68 Å². The topological polar surface area (TPSA) is 119 Å². The predicted molar refractivity (Wildman–Crippen MR) is 203 cm³/mol. The van der Waals surface area contributed by atoms with Crippen molar-refractivity contribution in [2.45, 2.75) is 213 Å². The van der Waals surface area contributed by atoms with E-state index in [0.29, 0.717) is 31.6 Å². The molecule has 1 aromatic rings. The number of unbranched alkanes of at least 4 members (excludes halogenated alkanes) is 20. The number of hydrogen-bond donors (Lipinski definition) is 0. The maximum atomic E-state index is 12.8. The highest BCUT2D eigenvalue weighted by molar-refractivity contribution is 5.70. The van der Waals surface area contributed by atoms with E-state index in [-0.39, 0.29) is 50.2 Å². The fourth-order valence-corrected chi connectivity index (χ4v) is 5.99. The zero-order valence-electron chi connectivity index (χ0n) is 33.1. The van der Waals surface area contributed by atoms with E-state index in [0.717, 1.165) is 38.5 Å². The first-order chi connectivity index (χ1) is 24.8. The van der Waals surface area contributed by atoms with Crippen LogP contribution in [0.5, 0.6) is 0 Å². The number of carbonyl (C=O) groups excluding carboxylic acids is 3. The van der Waals surface area contributed by atoms with Gasteiger partial charge in [0.2, 0.25) is 0 Å². The van der Waals surface area contributed by atoms with E-state index < -0.39 is 6.10 Å². The van der Waals surface area contributed by atoms with Gasteiger partial charge in [-0.2, -0.15) is 0 Å². The second-order valence-electron chi connectivity index (χ2n) is 14.4. The van der Waals surface area contributed by atoms with Crippen molar-refractivity contribution < 1.29 is 33.3 Å². The van der Waals surface area contributed by atoms with Gasteiger partial charge in [0.25, 0.3) is 0 Å². The summed E-state index contributed by atoms with van der Waals surface area (Å²) < 4.78 is 23.6. The molecule has 0 aromatic carbocycles. The fraction of sp³-hybridized carbons (Fsp3) is 0.878. The summed E-state index contributed by atoms with van der Waals surface area (Å²) in [5.41, 5.74) is 0.630. The van der Waals surface area contributed by atoms with Crippen LogP contribution in [-0.4, -0.2) is 64.9 Å². The van der Waals surface area contributed by atoms with E-state index in [2.05, 4.69) is 24.2 Å². The molecule has 0 aliphatic rings. The summed E-state index contributed by atoms with van der Waals surface area (Å²) in [4.78, 5) is 37.4. The third-order valence-electron chi connectivity index (χ3n) is 9.06. The van der Waals surface area contributed by atoms with Gasteiger partial charge >= 0.3 is 17.9 Å². The van der Waals surface area contributed by atoms with Gasteiger partial charge in [0.05, 0.1) is 31.4 Å². The summed E-state index contributed by atoms with van der Waals surface area (Å²) in [5.74, 6) is -0.883. The van der Waals surface area contributed by atoms with Crippen molar-refractivity contribution in [1.82, 2.24) is 15.0 Å². The van der Waals surface area contributed by atoms with Gasteiger partial charge in [0.15, 0.2) is 6.10 Å². The van der Waals surface area contributed by atoms with Crippen molar-refractivity contribution >= 4 is 17.9 Å². The molecule has 0 fully saturated rings. The number of aromatic nitrogens is 3. The molecule has 0 N–H and O–H groups in total. The van der Waals surface area contributed by atoms with Crippen molar-refractivity contribution in [3.05, 3.63) is 11.9 Å². The second kappa shape index (κ2) is 33.4. The Bertz CT molecular complexity index is 984. The molecule has 1 atom stereocenters. The lowest BCUT2D eigenvalue weighted by Crippen LogP contribution is -2.30. The quantitative estimate of drug-likeness (QED) is 0.0379. The molecule has 0 radical (unpaired) electrons. The molecule has 1 aromatic heterocycles. The van der Waals surface area contributed by atoms with Crippen LogP contribution in [0.1, 0.15) is 194 Å². The van der Waals surface area contributed by atoms with Crippen LogP contribution < -0.4 is 0 Å².